The largest absolute Gasteiger partial charge is 0.388 e. The van der Waals surface area contributed by atoms with Gasteiger partial charge in [0.05, 0.1) is 11.8 Å². The number of rotatable bonds is 3. The van der Waals surface area contributed by atoms with Crippen LogP contribution in [0.25, 0.3) is 0 Å². The van der Waals surface area contributed by atoms with Gasteiger partial charge in [-0.2, -0.15) is 5.10 Å². The number of aryl methyl sites for hydroxylation is 3. The maximum atomic E-state index is 10.3. The van der Waals surface area contributed by atoms with Crippen molar-refractivity contribution < 1.29 is 5.11 Å². The lowest BCUT2D eigenvalue weighted by atomic mass is 10.0. The molecule has 1 atom stereocenters. The molecule has 2 aromatic rings. The van der Waals surface area contributed by atoms with Crippen LogP contribution < -0.4 is 0 Å². The van der Waals surface area contributed by atoms with Crippen LogP contribution in [0, 0.1) is 13.8 Å². The van der Waals surface area contributed by atoms with Gasteiger partial charge in [-0.05, 0) is 31.0 Å². The van der Waals surface area contributed by atoms with E-state index in [2.05, 4.69) is 5.10 Å². The van der Waals surface area contributed by atoms with Crippen LogP contribution in [-0.2, 0) is 13.5 Å². The number of nitrogens with zero attached hydrogens (tertiary/aromatic N) is 2. The third-order valence-electron chi connectivity index (χ3n) is 3.15. The minimum atomic E-state index is -0.707. The predicted molar refractivity (Wildman–Crippen MR) is 77.8 cm³/mol. The van der Waals surface area contributed by atoms with E-state index in [1.165, 1.54) is 0 Å². The molecule has 102 valence electrons. The second kappa shape index (κ2) is 5.53. The minimum Gasteiger partial charge on any atom is -0.388 e. The molecule has 0 aliphatic carbocycles. The van der Waals surface area contributed by atoms with E-state index >= 15 is 0 Å². The van der Waals surface area contributed by atoms with Gasteiger partial charge < -0.3 is 5.11 Å². The first-order valence-corrected chi connectivity index (χ1v) is 6.78. The number of halogens is 2. The monoisotopic (exact) mass is 298 g/mol. The maximum Gasteiger partial charge on any atom is 0.132 e. The van der Waals surface area contributed by atoms with Crippen LogP contribution in [0.5, 0.6) is 0 Å². The van der Waals surface area contributed by atoms with Crippen LogP contribution >= 0.6 is 23.2 Å². The summed E-state index contributed by atoms with van der Waals surface area (Å²) in [4.78, 5) is 0. The Balaban J connectivity index is 2.28. The zero-order valence-electron chi connectivity index (χ0n) is 11.1. The van der Waals surface area contributed by atoms with Crippen LogP contribution in [0.3, 0.4) is 0 Å². The van der Waals surface area contributed by atoms with E-state index in [0.717, 1.165) is 16.8 Å². The van der Waals surface area contributed by atoms with Crippen molar-refractivity contribution in [2.45, 2.75) is 26.4 Å². The molecule has 5 heteroatoms. The first kappa shape index (κ1) is 14.4. The van der Waals surface area contributed by atoms with E-state index in [1.54, 1.807) is 11.7 Å². The summed E-state index contributed by atoms with van der Waals surface area (Å²) in [7, 11) is 1.75. The number of benzene rings is 1. The molecule has 0 spiro atoms. The molecule has 1 unspecified atom stereocenters. The van der Waals surface area contributed by atoms with Crippen LogP contribution in [0.1, 0.15) is 28.5 Å². The van der Waals surface area contributed by atoms with E-state index in [-0.39, 0.29) is 0 Å². The van der Waals surface area contributed by atoms with Crippen molar-refractivity contribution in [1.29, 1.82) is 0 Å². The summed E-state index contributed by atoms with van der Waals surface area (Å²) in [6.45, 7) is 3.81. The van der Waals surface area contributed by atoms with Crippen molar-refractivity contribution in [2.75, 3.05) is 0 Å². The summed E-state index contributed by atoms with van der Waals surface area (Å²) in [5.41, 5.74) is 3.40. The molecule has 1 heterocycles. The highest BCUT2D eigenvalue weighted by atomic mass is 35.5. The van der Waals surface area contributed by atoms with E-state index in [9.17, 15) is 5.11 Å². The van der Waals surface area contributed by atoms with Gasteiger partial charge in [0.2, 0.25) is 0 Å². The Morgan fingerprint density at radius 3 is 2.53 bits per heavy atom. The highest BCUT2D eigenvalue weighted by Crippen LogP contribution is 2.30. The Bertz CT molecular complexity index is 608. The van der Waals surface area contributed by atoms with Gasteiger partial charge >= 0.3 is 0 Å². The van der Waals surface area contributed by atoms with Crippen molar-refractivity contribution in [3.8, 4) is 0 Å². The molecular formula is C14H16Cl2N2O. The van der Waals surface area contributed by atoms with Crippen LogP contribution in [0.4, 0.5) is 0 Å². The summed E-state index contributed by atoms with van der Waals surface area (Å²) < 4.78 is 1.56. The zero-order chi connectivity index (χ0) is 14.2. The number of hydrogen-bond donors (Lipinski definition) is 1. The molecule has 0 amide bonds. The van der Waals surface area contributed by atoms with Crippen molar-refractivity contribution in [1.82, 2.24) is 9.78 Å². The maximum absolute atomic E-state index is 10.3. The van der Waals surface area contributed by atoms with E-state index in [1.807, 2.05) is 32.0 Å². The number of aliphatic hydroxyl groups excluding tert-OH is 1. The van der Waals surface area contributed by atoms with Crippen molar-refractivity contribution >= 4 is 23.2 Å². The fourth-order valence-corrected chi connectivity index (χ4v) is 2.77. The van der Waals surface area contributed by atoms with Crippen molar-refractivity contribution in [3.05, 3.63) is 50.8 Å². The lowest BCUT2D eigenvalue weighted by molar-refractivity contribution is 0.178. The third-order valence-corrected chi connectivity index (χ3v) is 3.95. The predicted octanol–water partition coefficient (Wildman–Crippen LogP) is 3.62. The minimum absolute atomic E-state index is 0.422. The highest BCUT2D eigenvalue weighted by molar-refractivity contribution is 6.31. The molecule has 0 saturated carbocycles. The summed E-state index contributed by atoms with van der Waals surface area (Å²) in [5, 5.41) is 15.7. The Hall–Kier alpha value is -1.03. The summed E-state index contributed by atoms with van der Waals surface area (Å²) in [5.74, 6) is 0. The first-order valence-electron chi connectivity index (χ1n) is 6.02. The molecule has 3 nitrogen and oxygen atoms in total. The Morgan fingerprint density at radius 1 is 1.32 bits per heavy atom. The normalized spacial score (nSPS) is 12.7. The van der Waals surface area contributed by atoms with E-state index in [0.29, 0.717) is 22.2 Å². The van der Waals surface area contributed by atoms with Gasteiger partial charge in [0, 0.05) is 24.1 Å². The van der Waals surface area contributed by atoms with Crippen LogP contribution in [0.2, 0.25) is 10.2 Å². The van der Waals surface area contributed by atoms with Crippen molar-refractivity contribution in [2.24, 2.45) is 7.05 Å². The lowest BCUT2D eigenvalue weighted by Gasteiger charge is -2.12. The molecule has 1 aromatic heterocycles. The van der Waals surface area contributed by atoms with Gasteiger partial charge in [-0.25, -0.2) is 0 Å². The topological polar surface area (TPSA) is 38.1 Å². The van der Waals surface area contributed by atoms with Gasteiger partial charge in [0.25, 0.3) is 0 Å². The standard InChI is InChI=1S/C14H16Cl2N2O/c1-8-4-5-10(11(15)6-8)7-12(19)13-9(2)17-18(3)14(13)16/h4-6,12,19H,7H2,1-3H3. The van der Waals surface area contributed by atoms with Crippen LogP contribution in [-0.4, -0.2) is 14.9 Å². The molecule has 1 N–H and O–H groups in total. The number of hydrogen-bond acceptors (Lipinski definition) is 2. The van der Waals surface area contributed by atoms with Gasteiger partial charge in [0.15, 0.2) is 0 Å². The Morgan fingerprint density at radius 2 is 2.00 bits per heavy atom. The average Bonchev–Trinajstić information content (AvgIpc) is 2.57. The second-order valence-electron chi connectivity index (χ2n) is 4.73. The molecule has 0 radical (unpaired) electrons. The fourth-order valence-electron chi connectivity index (χ4n) is 2.15. The van der Waals surface area contributed by atoms with E-state index < -0.39 is 6.10 Å². The molecule has 19 heavy (non-hydrogen) atoms. The van der Waals surface area contributed by atoms with Crippen molar-refractivity contribution in [3.63, 3.8) is 0 Å². The smallest absolute Gasteiger partial charge is 0.132 e. The third kappa shape index (κ3) is 2.94. The molecule has 0 saturated heterocycles. The van der Waals surface area contributed by atoms with E-state index in [4.69, 9.17) is 23.2 Å². The Labute approximate surface area is 122 Å². The zero-order valence-corrected chi connectivity index (χ0v) is 12.6. The highest BCUT2D eigenvalue weighted by Gasteiger charge is 2.20. The summed E-state index contributed by atoms with van der Waals surface area (Å²) >= 11 is 12.3. The second-order valence-corrected chi connectivity index (χ2v) is 5.49. The quantitative estimate of drug-likeness (QED) is 0.940. The van der Waals surface area contributed by atoms with Gasteiger partial charge in [0.1, 0.15) is 5.15 Å². The molecule has 0 fully saturated rings. The summed E-state index contributed by atoms with van der Waals surface area (Å²) in [6, 6.07) is 5.80. The molecule has 0 bridgehead atoms. The average molecular weight is 299 g/mol. The number of aliphatic hydroxyl groups is 1. The SMILES string of the molecule is Cc1ccc(CC(O)c2c(C)nn(C)c2Cl)c(Cl)c1. The summed E-state index contributed by atoms with van der Waals surface area (Å²) in [6.07, 6.45) is -0.285. The molecule has 2 rings (SSSR count). The Kier molecular flexibility index (Phi) is 4.19. The lowest BCUT2D eigenvalue weighted by Crippen LogP contribution is -2.04. The van der Waals surface area contributed by atoms with Crippen LogP contribution in [0.15, 0.2) is 18.2 Å². The molecule has 0 aliphatic rings. The molecular weight excluding hydrogens is 283 g/mol. The van der Waals surface area contributed by atoms with Gasteiger partial charge in [-0.1, -0.05) is 35.3 Å². The van der Waals surface area contributed by atoms with Gasteiger partial charge in [-0.3, -0.25) is 4.68 Å². The fraction of sp³-hybridized carbons (Fsp3) is 0.357. The van der Waals surface area contributed by atoms with Gasteiger partial charge in [-0.15, -0.1) is 0 Å². The molecule has 1 aromatic carbocycles. The molecule has 0 aliphatic heterocycles. The number of aromatic nitrogens is 2. The first-order chi connectivity index (χ1) is 8.90.